The Labute approximate surface area is 168 Å². The number of carbonyl (C=O) groups excluding carboxylic acids is 1. The third-order valence-electron chi connectivity index (χ3n) is 4.47. The van der Waals surface area contributed by atoms with E-state index in [2.05, 4.69) is 6.58 Å². The van der Waals surface area contributed by atoms with E-state index in [-0.39, 0.29) is 6.61 Å². The van der Waals surface area contributed by atoms with Crippen LogP contribution in [0.5, 0.6) is 5.75 Å². The van der Waals surface area contributed by atoms with Gasteiger partial charge in [0.2, 0.25) is 0 Å². The number of carbonyl (C=O) groups is 1. The molecule has 29 heavy (non-hydrogen) atoms. The maximum atomic E-state index is 12.1. The Morgan fingerprint density at radius 1 is 1.10 bits per heavy atom. The highest BCUT2D eigenvalue weighted by molar-refractivity contribution is 5.87. The second kappa shape index (κ2) is 9.06. The number of hydrogen-bond acceptors (Lipinski definition) is 5. The van der Waals surface area contributed by atoms with Gasteiger partial charge in [0.05, 0.1) is 0 Å². The molecule has 0 aliphatic carbocycles. The second-order valence-electron chi connectivity index (χ2n) is 6.63. The van der Waals surface area contributed by atoms with Crippen molar-refractivity contribution in [2.24, 2.45) is 0 Å². The fraction of sp³-hybridized carbons (Fsp3) is 0.167. The summed E-state index contributed by atoms with van der Waals surface area (Å²) in [6.45, 7) is 7.95. The lowest BCUT2D eigenvalue weighted by molar-refractivity contribution is -0.138. The highest BCUT2D eigenvalue weighted by Crippen LogP contribution is 2.22. The van der Waals surface area contributed by atoms with Crippen LogP contribution in [0.2, 0.25) is 0 Å². The van der Waals surface area contributed by atoms with Gasteiger partial charge in [-0.15, -0.1) is 0 Å². The summed E-state index contributed by atoms with van der Waals surface area (Å²) in [4.78, 5) is 23.9. The minimum atomic E-state index is -0.498. The van der Waals surface area contributed by atoms with Crippen LogP contribution < -0.4 is 10.4 Å². The standard InChI is InChI=1S/C24H22O5/c1-4-11-27-20-8-5-18(6-9-20)7-10-23(25)28-15-19-14-24(26)29-22-13-17(3)16(2)12-21(19)22/h4-10,12-14H,1,11,15H2,2-3H3/b10-7+. The van der Waals surface area contributed by atoms with E-state index in [1.807, 2.05) is 50.2 Å². The molecule has 0 saturated carbocycles. The Balaban J connectivity index is 1.67. The zero-order chi connectivity index (χ0) is 20.8. The van der Waals surface area contributed by atoms with Crippen molar-refractivity contribution < 1.29 is 18.7 Å². The van der Waals surface area contributed by atoms with Gasteiger partial charge in [-0.3, -0.25) is 0 Å². The van der Waals surface area contributed by atoms with E-state index < -0.39 is 11.6 Å². The van der Waals surface area contributed by atoms with Crippen molar-refractivity contribution in [3.63, 3.8) is 0 Å². The molecular weight excluding hydrogens is 368 g/mol. The van der Waals surface area contributed by atoms with Gasteiger partial charge in [0.1, 0.15) is 24.5 Å². The summed E-state index contributed by atoms with van der Waals surface area (Å²) < 4.78 is 16.0. The number of hydrogen-bond donors (Lipinski definition) is 0. The fourth-order valence-electron chi connectivity index (χ4n) is 2.79. The van der Waals surface area contributed by atoms with Gasteiger partial charge in [0, 0.05) is 23.1 Å². The molecule has 0 N–H and O–H groups in total. The molecule has 3 aromatic rings. The van der Waals surface area contributed by atoms with Crippen LogP contribution in [-0.4, -0.2) is 12.6 Å². The molecule has 0 unspecified atom stereocenters. The van der Waals surface area contributed by atoms with E-state index in [0.29, 0.717) is 17.8 Å². The number of esters is 1. The van der Waals surface area contributed by atoms with Crippen LogP contribution in [0.4, 0.5) is 0 Å². The van der Waals surface area contributed by atoms with E-state index >= 15 is 0 Å². The molecule has 0 amide bonds. The summed E-state index contributed by atoms with van der Waals surface area (Å²) in [6, 6.07) is 12.4. The topological polar surface area (TPSA) is 65.7 Å². The molecule has 0 atom stereocenters. The average molecular weight is 390 g/mol. The zero-order valence-corrected chi connectivity index (χ0v) is 16.4. The first-order valence-electron chi connectivity index (χ1n) is 9.19. The molecule has 0 radical (unpaired) electrons. The average Bonchev–Trinajstić information content (AvgIpc) is 2.71. The Bertz CT molecular complexity index is 1120. The van der Waals surface area contributed by atoms with Crippen molar-refractivity contribution in [1.29, 1.82) is 0 Å². The number of fused-ring (bicyclic) bond motifs is 1. The molecule has 0 fully saturated rings. The maximum absolute atomic E-state index is 12.1. The van der Waals surface area contributed by atoms with Crippen molar-refractivity contribution in [1.82, 2.24) is 0 Å². The highest BCUT2D eigenvalue weighted by atomic mass is 16.5. The lowest BCUT2D eigenvalue weighted by Gasteiger charge is -2.08. The minimum Gasteiger partial charge on any atom is -0.490 e. The lowest BCUT2D eigenvalue weighted by Crippen LogP contribution is -2.06. The molecule has 0 aliphatic heterocycles. The number of ether oxygens (including phenoxy) is 2. The summed E-state index contributed by atoms with van der Waals surface area (Å²) in [5.74, 6) is 0.229. The largest absolute Gasteiger partial charge is 0.490 e. The second-order valence-corrected chi connectivity index (χ2v) is 6.63. The molecule has 0 bridgehead atoms. The summed E-state index contributed by atoms with van der Waals surface area (Å²) in [5, 5.41) is 0.764. The third-order valence-corrected chi connectivity index (χ3v) is 4.47. The first-order valence-corrected chi connectivity index (χ1v) is 9.19. The molecule has 0 spiro atoms. The van der Waals surface area contributed by atoms with Crippen molar-refractivity contribution in [3.05, 3.63) is 93.9 Å². The SMILES string of the molecule is C=CCOc1ccc(/C=C/C(=O)OCc2cc(=O)oc3cc(C)c(C)cc23)cc1. The fourth-order valence-corrected chi connectivity index (χ4v) is 2.79. The first-order chi connectivity index (χ1) is 14.0. The van der Waals surface area contributed by atoms with E-state index in [1.165, 1.54) is 12.1 Å². The zero-order valence-electron chi connectivity index (χ0n) is 16.4. The van der Waals surface area contributed by atoms with Gasteiger partial charge < -0.3 is 13.9 Å². The molecule has 148 valence electrons. The summed E-state index contributed by atoms with van der Waals surface area (Å²) >= 11 is 0. The van der Waals surface area contributed by atoms with Gasteiger partial charge in [-0.2, -0.15) is 0 Å². The molecule has 5 nitrogen and oxygen atoms in total. The molecule has 1 aromatic heterocycles. The van der Waals surface area contributed by atoms with Crippen molar-refractivity contribution in [2.75, 3.05) is 6.61 Å². The van der Waals surface area contributed by atoms with Gasteiger partial charge >= 0.3 is 11.6 Å². The Kier molecular flexibility index (Phi) is 6.29. The van der Waals surface area contributed by atoms with E-state index in [1.54, 1.807) is 12.2 Å². The summed E-state index contributed by atoms with van der Waals surface area (Å²) in [7, 11) is 0. The van der Waals surface area contributed by atoms with Crippen LogP contribution in [0.3, 0.4) is 0 Å². The third kappa shape index (κ3) is 5.23. The van der Waals surface area contributed by atoms with Gasteiger partial charge in [-0.1, -0.05) is 24.8 Å². The summed E-state index contributed by atoms with van der Waals surface area (Å²) in [5.41, 5.74) is 3.56. The predicted molar refractivity (Wildman–Crippen MR) is 113 cm³/mol. The Morgan fingerprint density at radius 2 is 1.83 bits per heavy atom. The van der Waals surface area contributed by atoms with Crippen LogP contribution in [0.1, 0.15) is 22.3 Å². The van der Waals surface area contributed by atoms with E-state index in [9.17, 15) is 9.59 Å². The molecule has 5 heteroatoms. The molecular formula is C24H22O5. The van der Waals surface area contributed by atoms with Crippen LogP contribution in [-0.2, 0) is 16.1 Å². The Hall–Kier alpha value is -3.60. The van der Waals surface area contributed by atoms with Crippen LogP contribution in [0.15, 0.2) is 70.4 Å². The maximum Gasteiger partial charge on any atom is 0.336 e. The molecule has 1 heterocycles. The van der Waals surface area contributed by atoms with Gasteiger partial charge in [-0.25, -0.2) is 9.59 Å². The van der Waals surface area contributed by atoms with Gasteiger partial charge in [0.15, 0.2) is 0 Å². The molecule has 3 rings (SSSR count). The number of rotatable bonds is 7. The van der Waals surface area contributed by atoms with Crippen molar-refractivity contribution >= 4 is 23.0 Å². The highest BCUT2D eigenvalue weighted by Gasteiger charge is 2.09. The molecule has 0 saturated heterocycles. The van der Waals surface area contributed by atoms with Crippen molar-refractivity contribution in [2.45, 2.75) is 20.5 Å². The monoisotopic (exact) mass is 390 g/mol. The van der Waals surface area contributed by atoms with Gasteiger partial charge in [-0.05, 0) is 60.9 Å². The van der Waals surface area contributed by atoms with E-state index in [0.717, 1.165) is 27.8 Å². The molecule has 2 aromatic carbocycles. The summed E-state index contributed by atoms with van der Waals surface area (Å²) in [6.07, 6.45) is 4.68. The Morgan fingerprint density at radius 3 is 2.55 bits per heavy atom. The van der Waals surface area contributed by atoms with Crippen LogP contribution in [0, 0.1) is 13.8 Å². The number of aryl methyl sites for hydroxylation is 2. The first kappa shape index (κ1) is 20.1. The lowest BCUT2D eigenvalue weighted by atomic mass is 10.0. The van der Waals surface area contributed by atoms with E-state index in [4.69, 9.17) is 13.9 Å². The van der Waals surface area contributed by atoms with Crippen LogP contribution >= 0.6 is 0 Å². The van der Waals surface area contributed by atoms with Crippen molar-refractivity contribution in [3.8, 4) is 5.75 Å². The predicted octanol–water partition coefficient (Wildman–Crippen LogP) is 4.73. The van der Waals surface area contributed by atoms with Gasteiger partial charge in [0.25, 0.3) is 0 Å². The normalized spacial score (nSPS) is 11.0. The minimum absolute atomic E-state index is 0.0118. The number of benzene rings is 2. The quantitative estimate of drug-likeness (QED) is 0.252. The van der Waals surface area contributed by atoms with Crippen LogP contribution in [0.25, 0.3) is 17.0 Å². The molecule has 0 aliphatic rings. The smallest absolute Gasteiger partial charge is 0.336 e.